The second-order valence-corrected chi connectivity index (χ2v) is 8.42. The van der Waals surface area contributed by atoms with Gasteiger partial charge in [-0.05, 0) is 49.1 Å². The average Bonchev–Trinajstić information content (AvgIpc) is 2.93. The van der Waals surface area contributed by atoms with Gasteiger partial charge in [0.2, 0.25) is 0 Å². The van der Waals surface area contributed by atoms with Crippen molar-refractivity contribution in [1.82, 2.24) is 19.3 Å². The molecule has 3 aliphatic rings. The minimum absolute atomic E-state index is 0.115. The van der Waals surface area contributed by atoms with Gasteiger partial charge in [-0.25, -0.2) is 9.37 Å². The first-order valence-corrected chi connectivity index (χ1v) is 11.1. The van der Waals surface area contributed by atoms with E-state index in [1.165, 1.54) is 10.7 Å². The van der Waals surface area contributed by atoms with Crippen LogP contribution in [0.1, 0.15) is 30.5 Å². The lowest BCUT2D eigenvalue weighted by atomic mass is 10.1. The van der Waals surface area contributed by atoms with E-state index in [9.17, 15) is 9.18 Å². The quantitative estimate of drug-likeness (QED) is 0.355. The van der Waals surface area contributed by atoms with Gasteiger partial charge in [0.05, 0.1) is 5.69 Å². The number of thioether (sulfide) groups is 1. The molecule has 0 bridgehead atoms. The van der Waals surface area contributed by atoms with E-state index in [1.54, 1.807) is 23.9 Å². The van der Waals surface area contributed by atoms with Crippen LogP contribution in [0.2, 0.25) is 0 Å². The van der Waals surface area contributed by atoms with Crippen LogP contribution in [0.15, 0.2) is 64.5 Å². The van der Waals surface area contributed by atoms with Gasteiger partial charge < -0.3 is 4.57 Å². The molecule has 5 nitrogen and oxygen atoms in total. The Labute approximate surface area is 177 Å². The number of fused-ring (bicyclic) bond motifs is 3. The van der Waals surface area contributed by atoms with Crippen LogP contribution in [0.25, 0.3) is 17.1 Å². The molecule has 0 amide bonds. The lowest BCUT2D eigenvalue weighted by molar-refractivity contribution is 0.571. The van der Waals surface area contributed by atoms with Crippen molar-refractivity contribution in [3.05, 3.63) is 82.0 Å². The van der Waals surface area contributed by atoms with E-state index in [4.69, 9.17) is 4.98 Å². The van der Waals surface area contributed by atoms with E-state index in [1.807, 2.05) is 36.4 Å². The number of benzene rings is 2. The number of hydrogen-bond donors (Lipinski definition) is 0. The standard InChI is InChI=1S/C23H21FN4OS/c24-17-9-7-8-16(14-17)15-30-23-25-21-20(19-12-5-2-6-13-27(19)23)22(29)28(26-21)18-10-3-1-4-11-18/h1,3-4,7-11,14H,2,5-6,12-13,15H2. The maximum atomic E-state index is 13.6. The Morgan fingerprint density at radius 1 is 1.03 bits per heavy atom. The minimum Gasteiger partial charge on any atom is -0.324 e. The molecule has 0 saturated heterocycles. The van der Waals surface area contributed by atoms with Gasteiger partial charge in [0.25, 0.3) is 5.56 Å². The molecule has 0 aliphatic carbocycles. The lowest BCUT2D eigenvalue weighted by Gasteiger charge is -2.17. The molecular weight excluding hydrogens is 399 g/mol. The molecule has 152 valence electrons. The Kier molecular flexibility index (Phi) is 5.12. The highest BCUT2D eigenvalue weighted by Gasteiger charge is 2.27. The van der Waals surface area contributed by atoms with E-state index < -0.39 is 0 Å². The zero-order valence-corrected chi connectivity index (χ0v) is 17.2. The fraction of sp³-hybridized carbons (Fsp3) is 0.261. The molecule has 0 spiro atoms. The van der Waals surface area contributed by atoms with Gasteiger partial charge in [0, 0.05) is 18.0 Å². The minimum atomic E-state index is -0.236. The van der Waals surface area contributed by atoms with Gasteiger partial charge in [-0.1, -0.05) is 48.5 Å². The third-order valence-corrected chi connectivity index (χ3v) is 6.47. The molecule has 0 N–H and O–H groups in total. The maximum Gasteiger partial charge on any atom is 0.284 e. The number of aromatic nitrogens is 4. The van der Waals surface area contributed by atoms with Gasteiger partial charge in [-0.3, -0.25) is 4.79 Å². The summed E-state index contributed by atoms with van der Waals surface area (Å²) in [5, 5.41) is 5.39. The number of nitrogens with zero attached hydrogens (tertiary/aromatic N) is 4. The maximum absolute atomic E-state index is 13.6. The summed E-state index contributed by atoms with van der Waals surface area (Å²) in [6.45, 7) is 0.833. The van der Waals surface area contributed by atoms with Gasteiger partial charge in [0.15, 0.2) is 11.0 Å². The van der Waals surface area contributed by atoms with Gasteiger partial charge in [-0.2, -0.15) is 4.68 Å². The summed E-state index contributed by atoms with van der Waals surface area (Å²) in [6, 6.07) is 16.1. The molecule has 3 heterocycles. The van der Waals surface area contributed by atoms with Crippen LogP contribution >= 0.6 is 11.8 Å². The van der Waals surface area contributed by atoms with E-state index in [-0.39, 0.29) is 11.4 Å². The van der Waals surface area contributed by atoms with E-state index in [2.05, 4.69) is 9.67 Å². The molecule has 3 aliphatic heterocycles. The van der Waals surface area contributed by atoms with Gasteiger partial charge in [-0.15, -0.1) is 5.10 Å². The first kappa shape index (κ1) is 19.1. The van der Waals surface area contributed by atoms with Crippen molar-refractivity contribution in [1.29, 1.82) is 0 Å². The number of hydrogen-bond acceptors (Lipinski definition) is 4. The molecule has 0 atom stereocenters. The molecule has 0 unspecified atom stereocenters. The number of rotatable bonds is 4. The molecule has 0 radical (unpaired) electrons. The Morgan fingerprint density at radius 2 is 1.90 bits per heavy atom. The third kappa shape index (κ3) is 3.54. The highest BCUT2D eigenvalue weighted by atomic mass is 32.2. The van der Waals surface area contributed by atoms with Gasteiger partial charge in [0.1, 0.15) is 11.4 Å². The van der Waals surface area contributed by atoms with Gasteiger partial charge >= 0.3 is 0 Å². The van der Waals surface area contributed by atoms with Crippen LogP contribution in [0.3, 0.4) is 0 Å². The van der Waals surface area contributed by atoms with Crippen molar-refractivity contribution in [2.24, 2.45) is 0 Å². The van der Waals surface area contributed by atoms with Crippen molar-refractivity contribution in [2.45, 2.75) is 43.1 Å². The van der Waals surface area contributed by atoms with Crippen LogP contribution in [0, 0.1) is 5.82 Å². The first-order valence-electron chi connectivity index (χ1n) is 10.2. The molecule has 0 aromatic heterocycles. The molecule has 2 aromatic rings. The summed E-state index contributed by atoms with van der Waals surface area (Å²) < 4.78 is 17.2. The van der Waals surface area contributed by atoms with Crippen molar-refractivity contribution in [2.75, 3.05) is 0 Å². The van der Waals surface area contributed by atoms with Crippen LogP contribution in [0.4, 0.5) is 4.39 Å². The fourth-order valence-electron chi connectivity index (χ4n) is 3.98. The average molecular weight is 421 g/mol. The highest BCUT2D eigenvalue weighted by molar-refractivity contribution is 7.98. The van der Waals surface area contributed by atoms with Crippen molar-refractivity contribution in [3.8, 4) is 17.1 Å². The summed E-state index contributed by atoms with van der Waals surface area (Å²) in [7, 11) is 0. The van der Waals surface area contributed by atoms with Crippen molar-refractivity contribution >= 4 is 11.8 Å². The zero-order chi connectivity index (χ0) is 20.5. The second-order valence-electron chi connectivity index (χ2n) is 7.47. The monoisotopic (exact) mass is 420 g/mol. The highest BCUT2D eigenvalue weighted by Crippen LogP contribution is 2.31. The predicted molar refractivity (Wildman–Crippen MR) is 116 cm³/mol. The predicted octanol–water partition coefficient (Wildman–Crippen LogP) is 4.69. The van der Waals surface area contributed by atoms with E-state index in [0.717, 1.165) is 54.3 Å². The molecule has 30 heavy (non-hydrogen) atoms. The van der Waals surface area contributed by atoms with Crippen molar-refractivity contribution < 1.29 is 4.39 Å². The Morgan fingerprint density at radius 3 is 2.73 bits per heavy atom. The van der Waals surface area contributed by atoms with E-state index in [0.29, 0.717) is 17.1 Å². The third-order valence-electron chi connectivity index (χ3n) is 5.42. The summed E-state index contributed by atoms with van der Waals surface area (Å²) in [4.78, 5) is 18.0. The summed E-state index contributed by atoms with van der Waals surface area (Å²) in [5.41, 5.74) is 3.17. The SMILES string of the molecule is O=c1c2c3n(c(SCc4cccc(F)c4)nc-2nn1-c1ccccc1)CCCCC3. The topological polar surface area (TPSA) is 52.7 Å². The second kappa shape index (κ2) is 8.07. The van der Waals surface area contributed by atoms with Crippen molar-refractivity contribution in [3.63, 3.8) is 0 Å². The summed E-state index contributed by atoms with van der Waals surface area (Å²) in [5.74, 6) is 0.860. The molecular formula is C23H21FN4OS. The summed E-state index contributed by atoms with van der Waals surface area (Å²) in [6.07, 6.45) is 4.06. The number of para-hydroxylation sites is 1. The smallest absolute Gasteiger partial charge is 0.284 e. The van der Waals surface area contributed by atoms with Crippen LogP contribution < -0.4 is 5.56 Å². The Bertz CT molecular complexity index is 1220. The number of halogens is 1. The summed E-state index contributed by atoms with van der Waals surface area (Å²) >= 11 is 1.57. The fourth-order valence-corrected chi connectivity index (χ4v) is 4.97. The van der Waals surface area contributed by atoms with Crippen LogP contribution in [0.5, 0.6) is 0 Å². The molecule has 0 saturated carbocycles. The Hall–Kier alpha value is -2.93. The van der Waals surface area contributed by atoms with Crippen LogP contribution in [-0.2, 0) is 18.7 Å². The zero-order valence-electron chi connectivity index (χ0n) is 16.4. The molecule has 5 rings (SSSR count). The normalized spacial score (nSPS) is 13.9. The van der Waals surface area contributed by atoms with Crippen LogP contribution in [-0.4, -0.2) is 19.3 Å². The molecule has 0 fully saturated rings. The molecule has 2 aromatic carbocycles. The first-order chi connectivity index (χ1) is 14.7. The Balaban J connectivity index is 1.61. The lowest BCUT2D eigenvalue weighted by Crippen LogP contribution is -2.19. The molecule has 7 heteroatoms. The largest absolute Gasteiger partial charge is 0.324 e. The van der Waals surface area contributed by atoms with E-state index >= 15 is 0 Å².